The van der Waals surface area contributed by atoms with Gasteiger partial charge in [0.25, 0.3) is 10.0 Å². The number of nitrogens with zero attached hydrogens (tertiary/aromatic N) is 2. The number of carbonyl (C=O) groups is 2. The molecule has 0 fully saturated rings. The van der Waals surface area contributed by atoms with Crippen molar-refractivity contribution in [3.63, 3.8) is 0 Å². The second-order valence-electron chi connectivity index (χ2n) is 10.8. The molecule has 0 aromatic heterocycles. The van der Waals surface area contributed by atoms with Crippen LogP contribution in [0.15, 0.2) is 114 Å². The van der Waals surface area contributed by atoms with E-state index in [1.54, 1.807) is 54.6 Å². The molecular weight excluding hydrogens is 594 g/mol. The van der Waals surface area contributed by atoms with E-state index < -0.39 is 28.5 Å². The summed E-state index contributed by atoms with van der Waals surface area (Å²) in [6.07, 6.45) is 0.952. The normalized spacial score (nSPS) is 12.6. The molecule has 0 spiro atoms. The summed E-state index contributed by atoms with van der Waals surface area (Å²) < 4.78 is 29.2. The number of hydrogen-bond donors (Lipinski definition) is 1. The lowest BCUT2D eigenvalue weighted by Gasteiger charge is -2.34. The van der Waals surface area contributed by atoms with Gasteiger partial charge in [-0.1, -0.05) is 91.3 Å². The second-order valence-corrected chi connectivity index (χ2v) is 13.1. The number of amides is 2. The summed E-state index contributed by atoms with van der Waals surface area (Å²) in [4.78, 5) is 29.9. The van der Waals surface area contributed by atoms with Crippen LogP contribution in [0, 0.1) is 6.92 Å². The van der Waals surface area contributed by atoms with Crippen LogP contribution in [0.2, 0.25) is 5.02 Å². The van der Waals surface area contributed by atoms with Crippen molar-refractivity contribution in [1.82, 2.24) is 10.2 Å². The van der Waals surface area contributed by atoms with E-state index in [4.69, 9.17) is 11.6 Å². The van der Waals surface area contributed by atoms with Crippen molar-refractivity contribution in [1.29, 1.82) is 0 Å². The molecule has 230 valence electrons. The van der Waals surface area contributed by atoms with Crippen molar-refractivity contribution in [2.24, 2.45) is 0 Å². The molecule has 0 saturated carbocycles. The van der Waals surface area contributed by atoms with Gasteiger partial charge < -0.3 is 10.2 Å². The number of rotatable bonds is 13. The van der Waals surface area contributed by atoms with Gasteiger partial charge in [-0.05, 0) is 73.4 Å². The summed E-state index contributed by atoms with van der Waals surface area (Å²) in [7, 11) is -4.14. The molecule has 7 nitrogen and oxygen atoms in total. The Balaban J connectivity index is 1.80. The first-order chi connectivity index (χ1) is 21.1. The molecule has 0 aliphatic carbocycles. The summed E-state index contributed by atoms with van der Waals surface area (Å²) in [5.41, 5.74) is 2.78. The van der Waals surface area contributed by atoms with Crippen LogP contribution in [0.25, 0.3) is 0 Å². The fraction of sp³-hybridized carbons (Fsp3) is 0.257. The Morgan fingerprint density at radius 1 is 0.841 bits per heavy atom. The molecule has 4 rings (SSSR count). The minimum absolute atomic E-state index is 0.0534. The zero-order chi connectivity index (χ0) is 31.7. The van der Waals surface area contributed by atoms with Crippen molar-refractivity contribution in [2.75, 3.05) is 10.8 Å². The van der Waals surface area contributed by atoms with Crippen LogP contribution < -0.4 is 9.62 Å². The highest BCUT2D eigenvalue weighted by Gasteiger charge is 2.35. The van der Waals surface area contributed by atoms with E-state index in [2.05, 4.69) is 5.32 Å². The van der Waals surface area contributed by atoms with E-state index in [1.807, 2.05) is 63.2 Å². The first-order valence-corrected chi connectivity index (χ1v) is 16.4. The molecule has 0 radical (unpaired) electrons. The Bertz CT molecular complexity index is 1670. The zero-order valence-corrected chi connectivity index (χ0v) is 26.8. The van der Waals surface area contributed by atoms with E-state index in [9.17, 15) is 18.0 Å². The quantitative estimate of drug-likeness (QED) is 0.185. The molecule has 2 amide bonds. The van der Waals surface area contributed by atoms with Gasteiger partial charge >= 0.3 is 0 Å². The molecule has 0 saturated heterocycles. The first-order valence-electron chi connectivity index (χ1n) is 14.6. The number of carbonyl (C=O) groups excluding carboxylic acids is 2. The van der Waals surface area contributed by atoms with E-state index in [-0.39, 0.29) is 29.8 Å². The Morgan fingerprint density at radius 2 is 1.48 bits per heavy atom. The molecular formula is C35H38ClN3O4S. The molecule has 0 heterocycles. The number of benzene rings is 4. The number of halogens is 1. The van der Waals surface area contributed by atoms with Crippen molar-refractivity contribution in [3.05, 3.63) is 131 Å². The van der Waals surface area contributed by atoms with Gasteiger partial charge in [0.2, 0.25) is 11.8 Å². The molecule has 0 aliphatic heterocycles. The molecule has 2 unspecified atom stereocenters. The van der Waals surface area contributed by atoms with Crippen molar-refractivity contribution >= 4 is 39.1 Å². The highest BCUT2D eigenvalue weighted by Crippen LogP contribution is 2.26. The van der Waals surface area contributed by atoms with Gasteiger partial charge in [0.1, 0.15) is 12.6 Å². The third-order valence-electron chi connectivity index (χ3n) is 7.41. The molecule has 4 aromatic carbocycles. The molecule has 2 atom stereocenters. The van der Waals surface area contributed by atoms with Gasteiger partial charge in [-0.2, -0.15) is 0 Å². The van der Waals surface area contributed by atoms with Crippen LogP contribution in [-0.2, 0) is 32.6 Å². The summed E-state index contributed by atoms with van der Waals surface area (Å²) in [5.74, 6) is -0.835. The SMILES string of the molecule is CCC(C)NC(=O)C(Cc1ccccc1)N(Cc1cccc(Cl)c1)C(=O)CN(c1cccc(C)c1)S(=O)(=O)c1ccccc1. The van der Waals surface area contributed by atoms with Gasteiger partial charge in [0.05, 0.1) is 10.6 Å². The van der Waals surface area contributed by atoms with E-state index in [0.29, 0.717) is 22.7 Å². The standard InChI is InChI=1S/C35H38ClN3O4S/c1-4-27(3)37-35(41)33(23-28-14-7-5-8-15-28)38(24-29-16-12-17-30(36)22-29)34(40)25-39(31-18-11-13-26(2)21-31)44(42,43)32-19-9-6-10-20-32/h5-22,27,33H,4,23-25H2,1-3H3,(H,37,41). The highest BCUT2D eigenvalue weighted by atomic mass is 35.5. The Labute approximate surface area is 265 Å². The minimum atomic E-state index is -4.14. The maximum absolute atomic E-state index is 14.5. The average molecular weight is 632 g/mol. The lowest BCUT2D eigenvalue weighted by atomic mass is 10.0. The van der Waals surface area contributed by atoms with Crippen LogP contribution in [0.3, 0.4) is 0 Å². The highest BCUT2D eigenvalue weighted by molar-refractivity contribution is 7.92. The Hall–Kier alpha value is -4.14. The predicted molar refractivity (Wildman–Crippen MR) is 176 cm³/mol. The van der Waals surface area contributed by atoms with Crippen molar-refractivity contribution in [3.8, 4) is 0 Å². The molecule has 0 aliphatic rings. The average Bonchev–Trinajstić information content (AvgIpc) is 3.02. The third kappa shape index (κ3) is 8.49. The van der Waals surface area contributed by atoms with Crippen LogP contribution in [-0.4, -0.2) is 43.8 Å². The summed E-state index contributed by atoms with van der Waals surface area (Å²) >= 11 is 6.30. The number of nitrogens with one attached hydrogen (secondary N) is 1. The summed E-state index contributed by atoms with van der Waals surface area (Å²) in [6, 6.07) is 30.6. The summed E-state index contributed by atoms with van der Waals surface area (Å²) in [5, 5.41) is 3.53. The van der Waals surface area contributed by atoms with Gasteiger partial charge in [-0.3, -0.25) is 13.9 Å². The van der Waals surface area contributed by atoms with Gasteiger partial charge in [-0.15, -0.1) is 0 Å². The van der Waals surface area contributed by atoms with E-state index in [1.165, 1.54) is 17.0 Å². The molecule has 4 aromatic rings. The largest absolute Gasteiger partial charge is 0.352 e. The molecule has 44 heavy (non-hydrogen) atoms. The fourth-order valence-electron chi connectivity index (χ4n) is 4.86. The fourth-order valence-corrected chi connectivity index (χ4v) is 6.50. The first kappa shape index (κ1) is 32.8. The lowest BCUT2D eigenvalue weighted by molar-refractivity contribution is -0.140. The van der Waals surface area contributed by atoms with Crippen molar-refractivity contribution < 1.29 is 18.0 Å². The van der Waals surface area contributed by atoms with Crippen LogP contribution in [0.5, 0.6) is 0 Å². The Kier molecular flexibility index (Phi) is 11.2. The predicted octanol–water partition coefficient (Wildman–Crippen LogP) is 6.40. The minimum Gasteiger partial charge on any atom is -0.352 e. The Morgan fingerprint density at radius 3 is 2.11 bits per heavy atom. The third-order valence-corrected chi connectivity index (χ3v) is 9.44. The second kappa shape index (κ2) is 15.0. The topological polar surface area (TPSA) is 86.8 Å². The number of hydrogen-bond acceptors (Lipinski definition) is 4. The monoisotopic (exact) mass is 631 g/mol. The lowest BCUT2D eigenvalue weighted by Crippen LogP contribution is -2.54. The van der Waals surface area contributed by atoms with Gasteiger partial charge in [-0.25, -0.2) is 8.42 Å². The number of anilines is 1. The van der Waals surface area contributed by atoms with Crippen LogP contribution in [0.4, 0.5) is 5.69 Å². The molecule has 1 N–H and O–H groups in total. The molecule has 9 heteroatoms. The number of sulfonamides is 1. The van der Waals surface area contributed by atoms with Gasteiger partial charge in [0.15, 0.2) is 0 Å². The molecule has 0 bridgehead atoms. The van der Waals surface area contributed by atoms with Crippen LogP contribution >= 0.6 is 11.6 Å². The van der Waals surface area contributed by atoms with E-state index >= 15 is 0 Å². The van der Waals surface area contributed by atoms with Crippen LogP contribution in [0.1, 0.15) is 37.0 Å². The van der Waals surface area contributed by atoms with Gasteiger partial charge in [0, 0.05) is 24.0 Å². The maximum Gasteiger partial charge on any atom is 0.264 e. The smallest absolute Gasteiger partial charge is 0.264 e. The van der Waals surface area contributed by atoms with E-state index in [0.717, 1.165) is 15.4 Å². The summed E-state index contributed by atoms with van der Waals surface area (Å²) in [6.45, 7) is 5.28. The van der Waals surface area contributed by atoms with Crippen molar-refractivity contribution in [2.45, 2.75) is 57.1 Å². The maximum atomic E-state index is 14.5. The number of aryl methyl sites for hydroxylation is 1. The zero-order valence-electron chi connectivity index (χ0n) is 25.2.